The van der Waals surface area contributed by atoms with E-state index in [9.17, 15) is 9.59 Å². The van der Waals surface area contributed by atoms with E-state index in [4.69, 9.17) is 0 Å². The van der Waals surface area contributed by atoms with Crippen LogP contribution in [0, 0.1) is 5.92 Å². The van der Waals surface area contributed by atoms with Crippen LogP contribution in [0.15, 0.2) is 0 Å². The molecule has 0 aliphatic rings. The molecule has 52 valence electrons. The highest BCUT2D eigenvalue weighted by Gasteiger charge is 2.00. The van der Waals surface area contributed by atoms with Gasteiger partial charge in [0.05, 0.1) is 0 Å². The molecular formula is C6H11NO2. The Morgan fingerprint density at radius 1 is 1.56 bits per heavy atom. The third-order valence-corrected chi connectivity index (χ3v) is 1.18. The maximum absolute atomic E-state index is 10.1. The first-order valence-electron chi connectivity index (χ1n) is 2.97. The molecule has 3 nitrogen and oxygen atoms in total. The Morgan fingerprint density at radius 2 is 2.22 bits per heavy atom. The normalized spacial score (nSPS) is 12.1. The molecule has 9 heavy (non-hydrogen) atoms. The van der Waals surface area contributed by atoms with Gasteiger partial charge in [0.15, 0.2) is 0 Å². The third kappa shape index (κ3) is 3.70. The molecule has 0 aromatic rings. The van der Waals surface area contributed by atoms with E-state index in [0.717, 1.165) is 12.7 Å². The number of nitrogens with one attached hydrogen (secondary N) is 1. The van der Waals surface area contributed by atoms with E-state index in [0.29, 0.717) is 13.0 Å². The first-order chi connectivity index (χ1) is 4.35. The number of hydrogen-bond acceptors (Lipinski definition) is 2. The van der Waals surface area contributed by atoms with Crippen molar-refractivity contribution < 1.29 is 9.59 Å². The lowest BCUT2D eigenvalue weighted by molar-refractivity contribution is -0.112. The van der Waals surface area contributed by atoms with E-state index in [1.165, 1.54) is 0 Å². The van der Waals surface area contributed by atoms with Crippen molar-refractivity contribution in [1.82, 2.24) is 5.32 Å². The lowest BCUT2D eigenvalue weighted by atomic mass is 10.1. The summed E-state index contributed by atoms with van der Waals surface area (Å²) in [5.41, 5.74) is 0. The highest BCUT2D eigenvalue weighted by molar-refractivity contribution is 5.55. The number of hydrogen-bond donors (Lipinski definition) is 1. The average Bonchev–Trinajstić information content (AvgIpc) is 1.91. The van der Waals surface area contributed by atoms with Gasteiger partial charge in [0, 0.05) is 12.5 Å². The Kier molecular flexibility index (Phi) is 4.78. The molecule has 0 radical (unpaired) electrons. The largest absolute Gasteiger partial charge is 0.358 e. The van der Waals surface area contributed by atoms with Crippen LogP contribution >= 0.6 is 0 Å². The topological polar surface area (TPSA) is 46.2 Å². The monoisotopic (exact) mass is 129 g/mol. The first-order valence-corrected chi connectivity index (χ1v) is 2.97. The van der Waals surface area contributed by atoms with Crippen molar-refractivity contribution in [3.63, 3.8) is 0 Å². The molecular weight excluding hydrogens is 118 g/mol. The van der Waals surface area contributed by atoms with Crippen LogP contribution in [0.4, 0.5) is 0 Å². The predicted molar refractivity (Wildman–Crippen MR) is 33.9 cm³/mol. The Hall–Kier alpha value is -0.860. The summed E-state index contributed by atoms with van der Waals surface area (Å²) < 4.78 is 0. The summed E-state index contributed by atoms with van der Waals surface area (Å²) in [7, 11) is 0. The van der Waals surface area contributed by atoms with Gasteiger partial charge in [-0.3, -0.25) is 4.79 Å². The average molecular weight is 129 g/mol. The van der Waals surface area contributed by atoms with E-state index >= 15 is 0 Å². The highest BCUT2D eigenvalue weighted by atomic mass is 16.1. The number of rotatable bonds is 5. The molecule has 0 rings (SSSR count). The molecule has 0 aromatic carbocycles. The Labute approximate surface area is 54.4 Å². The Balaban J connectivity index is 3.30. The van der Waals surface area contributed by atoms with Gasteiger partial charge in [-0.2, -0.15) is 0 Å². The second-order valence-corrected chi connectivity index (χ2v) is 1.83. The fourth-order valence-corrected chi connectivity index (χ4v) is 0.488. The number of carbonyl (C=O) groups excluding carboxylic acids is 2. The van der Waals surface area contributed by atoms with Crippen LogP contribution in [0.5, 0.6) is 0 Å². The maximum atomic E-state index is 10.1. The zero-order valence-corrected chi connectivity index (χ0v) is 5.46. The fourth-order valence-electron chi connectivity index (χ4n) is 0.488. The van der Waals surface area contributed by atoms with Gasteiger partial charge in [-0.1, -0.05) is 6.92 Å². The maximum Gasteiger partial charge on any atom is 0.207 e. The molecule has 0 aliphatic heterocycles. The zero-order valence-electron chi connectivity index (χ0n) is 5.46. The number of amides is 1. The van der Waals surface area contributed by atoms with Crippen LogP contribution in [-0.2, 0) is 9.59 Å². The van der Waals surface area contributed by atoms with Crippen molar-refractivity contribution in [1.29, 1.82) is 0 Å². The minimum atomic E-state index is -0.0183. The molecule has 1 atom stereocenters. The molecule has 0 aromatic heterocycles. The standard InChI is InChI=1S/C6H11NO2/c1-2-6(4-8)3-7-5-9/h4-6H,2-3H2,1H3,(H,7,9). The smallest absolute Gasteiger partial charge is 0.207 e. The lowest BCUT2D eigenvalue weighted by Gasteiger charge is -2.03. The molecule has 0 bridgehead atoms. The first kappa shape index (κ1) is 8.14. The van der Waals surface area contributed by atoms with Crippen LogP contribution in [-0.4, -0.2) is 19.2 Å². The lowest BCUT2D eigenvalue weighted by Crippen LogP contribution is -2.21. The van der Waals surface area contributed by atoms with Gasteiger partial charge >= 0.3 is 0 Å². The molecule has 1 amide bonds. The molecule has 0 heterocycles. The van der Waals surface area contributed by atoms with Gasteiger partial charge in [0.25, 0.3) is 0 Å². The van der Waals surface area contributed by atoms with E-state index < -0.39 is 0 Å². The zero-order chi connectivity index (χ0) is 7.11. The minimum Gasteiger partial charge on any atom is -0.358 e. The van der Waals surface area contributed by atoms with Crippen molar-refractivity contribution in [3.8, 4) is 0 Å². The van der Waals surface area contributed by atoms with Crippen LogP contribution < -0.4 is 5.32 Å². The summed E-state index contributed by atoms with van der Waals surface area (Å²) in [5, 5.41) is 2.44. The third-order valence-electron chi connectivity index (χ3n) is 1.18. The molecule has 1 N–H and O–H groups in total. The van der Waals surface area contributed by atoms with Crippen LogP contribution in [0.1, 0.15) is 13.3 Å². The molecule has 3 heteroatoms. The SMILES string of the molecule is CCC(C=O)CNC=O. The summed E-state index contributed by atoms with van der Waals surface area (Å²) >= 11 is 0. The van der Waals surface area contributed by atoms with Gasteiger partial charge < -0.3 is 10.1 Å². The van der Waals surface area contributed by atoms with Crippen LogP contribution in [0.3, 0.4) is 0 Å². The fraction of sp³-hybridized carbons (Fsp3) is 0.667. The van der Waals surface area contributed by atoms with E-state index in [2.05, 4.69) is 5.32 Å². The van der Waals surface area contributed by atoms with Crippen LogP contribution in [0.2, 0.25) is 0 Å². The summed E-state index contributed by atoms with van der Waals surface area (Å²) in [4.78, 5) is 19.8. The Bertz CT molecular complexity index is 93.1. The van der Waals surface area contributed by atoms with E-state index in [1.54, 1.807) is 0 Å². The van der Waals surface area contributed by atoms with Crippen molar-refractivity contribution in [2.45, 2.75) is 13.3 Å². The second-order valence-electron chi connectivity index (χ2n) is 1.83. The predicted octanol–water partition coefficient (Wildman–Crippen LogP) is -0.0425. The highest BCUT2D eigenvalue weighted by Crippen LogP contribution is 1.93. The molecule has 0 saturated heterocycles. The van der Waals surface area contributed by atoms with E-state index in [1.807, 2.05) is 6.92 Å². The molecule has 0 fully saturated rings. The molecule has 0 spiro atoms. The van der Waals surface area contributed by atoms with Crippen molar-refractivity contribution in [2.24, 2.45) is 5.92 Å². The second kappa shape index (κ2) is 5.28. The van der Waals surface area contributed by atoms with Gasteiger partial charge in [0.1, 0.15) is 6.29 Å². The van der Waals surface area contributed by atoms with Crippen molar-refractivity contribution >= 4 is 12.7 Å². The molecule has 0 saturated carbocycles. The van der Waals surface area contributed by atoms with Crippen LogP contribution in [0.25, 0.3) is 0 Å². The van der Waals surface area contributed by atoms with Crippen molar-refractivity contribution in [3.05, 3.63) is 0 Å². The summed E-state index contributed by atoms with van der Waals surface area (Å²) in [6.45, 7) is 2.37. The molecule has 0 aliphatic carbocycles. The van der Waals surface area contributed by atoms with E-state index in [-0.39, 0.29) is 5.92 Å². The summed E-state index contributed by atoms with van der Waals surface area (Å²) in [6, 6.07) is 0. The quantitative estimate of drug-likeness (QED) is 0.529. The van der Waals surface area contributed by atoms with Gasteiger partial charge in [-0.15, -0.1) is 0 Å². The minimum absolute atomic E-state index is 0.0183. The van der Waals surface area contributed by atoms with Crippen molar-refractivity contribution in [2.75, 3.05) is 6.54 Å². The number of carbonyl (C=O) groups is 2. The Morgan fingerprint density at radius 3 is 2.56 bits per heavy atom. The number of aldehydes is 1. The van der Waals surface area contributed by atoms with Gasteiger partial charge in [0.2, 0.25) is 6.41 Å². The van der Waals surface area contributed by atoms with Gasteiger partial charge in [-0.05, 0) is 6.42 Å². The summed E-state index contributed by atoms with van der Waals surface area (Å²) in [5.74, 6) is -0.0183. The molecule has 1 unspecified atom stereocenters. The van der Waals surface area contributed by atoms with Gasteiger partial charge in [-0.25, -0.2) is 0 Å². The summed E-state index contributed by atoms with van der Waals surface area (Å²) in [6.07, 6.45) is 2.24.